The SMILES string of the molecule is CC1CCC(COc2cc(F)ccc2[C@@H](C)O)O1. The number of hydrogen-bond acceptors (Lipinski definition) is 3. The van der Waals surface area contributed by atoms with Crippen molar-refractivity contribution >= 4 is 0 Å². The lowest BCUT2D eigenvalue weighted by atomic mass is 10.1. The predicted molar refractivity (Wildman–Crippen MR) is 66.1 cm³/mol. The van der Waals surface area contributed by atoms with Gasteiger partial charge in [-0.15, -0.1) is 0 Å². The van der Waals surface area contributed by atoms with Crippen LogP contribution in [0.2, 0.25) is 0 Å². The summed E-state index contributed by atoms with van der Waals surface area (Å²) < 4.78 is 24.4. The number of aliphatic hydroxyl groups excluding tert-OH is 1. The molecule has 0 saturated carbocycles. The molecule has 2 rings (SSSR count). The van der Waals surface area contributed by atoms with E-state index in [1.807, 2.05) is 6.92 Å². The first-order valence-electron chi connectivity index (χ1n) is 6.32. The summed E-state index contributed by atoms with van der Waals surface area (Å²) in [4.78, 5) is 0. The highest BCUT2D eigenvalue weighted by atomic mass is 19.1. The normalized spacial score (nSPS) is 25.1. The summed E-state index contributed by atoms with van der Waals surface area (Å²) in [6.07, 6.45) is 1.64. The predicted octanol–water partition coefficient (Wildman–Crippen LogP) is 2.83. The van der Waals surface area contributed by atoms with Crippen LogP contribution < -0.4 is 4.74 Å². The van der Waals surface area contributed by atoms with Crippen LogP contribution in [0.3, 0.4) is 0 Å². The van der Waals surface area contributed by atoms with Gasteiger partial charge in [0, 0.05) is 11.6 Å². The van der Waals surface area contributed by atoms with E-state index in [4.69, 9.17) is 9.47 Å². The minimum atomic E-state index is -0.677. The lowest BCUT2D eigenvalue weighted by Crippen LogP contribution is -2.18. The number of halogens is 1. The van der Waals surface area contributed by atoms with Crippen molar-refractivity contribution in [3.63, 3.8) is 0 Å². The molecular weight excluding hydrogens is 235 g/mol. The van der Waals surface area contributed by atoms with Crippen LogP contribution in [0.25, 0.3) is 0 Å². The van der Waals surface area contributed by atoms with Crippen LogP contribution in [0, 0.1) is 5.82 Å². The Balaban J connectivity index is 2.01. The summed E-state index contributed by atoms with van der Waals surface area (Å²) in [6.45, 7) is 4.06. The summed E-state index contributed by atoms with van der Waals surface area (Å²) in [7, 11) is 0. The zero-order valence-electron chi connectivity index (χ0n) is 10.7. The van der Waals surface area contributed by atoms with Crippen LogP contribution in [0.5, 0.6) is 5.75 Å². The minimum Gasteiger partial charge on any atom is -0.490 e. The van der Waals surface area contributed by atoms with Crippen LogP contribution in [0.15, 0.2) is 18.2 Å². The molecule has 1 saturated heterocycles. The first kappa shape index (κ1) is 13.3. The molecule has 2 unspecified atom stereocenters. The number of ether oxygens (including phenoxy) is 2. The second kappa shape index (κ2) is 5.67. The third-order valence-electron chi connectivity index (χ3n) is 3.17. The van der Waals surface area contributed by atoms with Gasteiger partial charge in [-0.2, -0.15) is 0 Å². The summed E-state index contributed by atoms with van der Waals surface area (Å²) in [5.74, 6) is 0.0308. The maximum absolute atomic E-state index is 13.2. The molecular formula is C14H19FO3. The highest BCUT2D eigenvalue weighted by Crippen LogP contribution is 2.27. The molecule has 0 bridgehead atoms. The van der Waals surface area contributed by atoms with Gasteiger partial charge in [-0.25, -0.2) is 4.39 Å². The molecule has 0 radical (unpaired) electrons. The molecule has 0 aliphatic carbocycles. The van der Waals surface area contributed by atoms with E-state index in [1.54, 1.807) is 13.0 Å². The van der Waals surface area contributed by atoms with E-state index in [2.05, 4.69) is 0 Å². The largest absolute Gasteiger partial charge is 0.490 e. The van der Waals surface area contributed by atoms with Gasteiger partial charge in [-0.05, 0) is 38.8 Å². The van der Waals surface area contributed by atoms with Gasteiger partial charge in [-0.3, -0.25) is 0 Å². The quantitative estimate of drug-likeness (QED) is 0.898. The van der Waals surface area contributed by atoms with Gasteiger partial charge < -0.3 is 14.6 Å². The Hall–Kier alpha value is -1.13. The van der Waals surface area contributed by atoms with Crippen LogP contribution in [-0.2, 0) is 4.74 Å². The fraction of sp³-hybridized carbons (Fsp3) is 0.571. The zero-order valence-corrected chi connectivity index (χ0v) is 10.7. The molecule has 1 fully saturated rings. The van der Waals surface area contributed by atoms with E-state index >= 15 is 0 Å². The summed E-state index contributed by atoms with van der Waals surface area (Å²) in [5.41, 5.74) is 0.599. The molecule has 100 valence electrons. The Bertz CT molecular complexity index is 406. The summed E-state index contributed by atoms with van der Waals surface area (Å²) >= 11 is 0. The maximum Gasteiger partial charge on any atom is 0.128 e. The second-order valence-electron chi connectivity index (χ2n) is 4.82. The van der Waals surface area contributed by atoms with Gasteiger partial charge in [0.15, 0.2) is 0 Å². The first-order chi connectivity index (χ1) is 8.56. The third kappa shape index (κ3) is 3.21. The molecule has 1 aromatic carbocycles. The molecule has 1 N–H and O–H groups in total. The van der Waals surface area contributed by atoms with Crippen LogP contribution in [-0.4, -0.2) is 23.9 Å². The smallest absolute Gasteiger partial charge is 0.128 e. The van der Waals surface area contributed by atoms with Crippen molar-refractivity contribution in [2.45, 2.75) is 45.0 Å². The van der Waals surface area contributed by atoms with Crippen molar-refractivity contribution < 1.29 is 19.0 Å². The Morgan fingerprint density at radius 1 is 1.50 bits per heavy atom. The highest BCUT2D eigenvalue weighted by molar-refractivity contribution is 5.35. The molecule has 1 aliphatic heterocycles. The number of hydrogen-bond donors (Lipinski definition) is 1. The number of benzene rings is 1. The van der Waals surface area contributed by atoms with E-state index < -0.39 is 6.10 Å². The Labute approximate surface area is 107 Å². The van der Waals surface area contributed by atoms with E-state index in [1.165, 1.54) is 12.1 Å². The molecule has 1 heterocycles. The fourth-order valence-corrected chi connectivity index (χ4v) is 2.17. The molecule has 0 aromatic heterocycles. The fourth-order valence-electron chi connectivity index (χ4n) is 2.17. The van der Waals surface area contributed by atoms with Gasteiger partial charge >= 0.3 is 0 Å². The lowest BCUT2D eigenvalue weighted by molar-refractivity contribution is 0.0256. The van der Waals surface area contributed by atoms with Crippen molar-refractivity contribution in [3.05, 3.63) is 29.6 Å². The maximum atomic E-state index is 13.2. The van der Waals surface area contributed by atoms with E-state index in [0.717, 1.165) is 12.8 Å². The molecule has 1 aromatic rings. The van der Waals surface area contributed by atoms with Crippen molar-refractivity contribution in [1.82, 2.24) is 0 Å². The average Bonchev–Trinajstić information content (AvgIpc) is 2.72. The van der Waals surface area contributed by atoms with Crippen molar-refractivity contribution in [2.75, 3.05) is 6.61 Å². The van der Waals surface area contributed by atoms with Gasteiger partial charge in [-0.1, -0.05) is 0 Å². The van der Waals surface area contributed by atoms with Gasteiger partial charge in [0.25, 0.3) is 0 Å². The molecule has 3 atom stereocenters. The van der Waals surface area contributed by atoms with Crippen molar-refractivity contribution in [1.29, 1.82) is 0 Å². The van der Waals surface area contributed by atoms with E-state index in [9.17, 15) is 9.50 Å². The van der Waals surface area contributed by atoms with Crippen LogP contribution in [0.1, 0.15) is 38.4 Å². The van der Waals surface area contributed by atoms with Crippen molar-refractivity contribution in [2.24, 2.45) is 0 Å². The number of rotatable bonds is 4. The standard InChI is InChI=1S/C14H19FO3/c1-9-3-5-12(18-9)8-17-14-7-11(15)4-6-13(14)10(2)16/h4,6-7,9-10,12,16H,3,5,8H2,1-2H3/t9?,10-,12?/m1/s1. The minimum absolute atomic E-state index is 0.0603. The molecule has 18 heavy (non-hydrogen) atoms. The highest BCUT2D eigenvalue weighted by Gasteiger charge is 2.22. The Morgan fingerprint density at radius 3 is 2.89 bits per heavy atom. The monoisotopic (exact) mass is 254 g/mol. The average molecular weight is 254 g/mol. The molecule has 3 nitrogen and oxygen atoms in total. The van der Waals surface area contributed by atoms with E-state index in [-0.39, 0.29) is 18.0 Å². The van der Waals surface area contributed by atoms with Crippen molar-refractivity contribution in [3.8, 4) is 5.75 Å². The number of aliphatic hydroxyl groups is 1. The lowest BCUT2D eigenvalue weighted by Gasteiger charge is -2.16. The summed E-state index contributed by atoms with van der Waals surface area (Å²) in [6, 6.07) is 4.18. The zero-order chi connectivity index (χ0) is 13.1. The van der Waals surface area contributed by atoms with Gasteiger partial charge in [0.2, 0.25) is 0 Å². The van der Waals surface area contributed by atoms with Gasteiger partial charge in [0.1, 0.15) is 18.2 Å². The van der Waals surface area contributed by atoms with Gasteiger partial charge in [0.05, 0.1) is 18.3 Å². The molecule has 0 spiro atoms. The Morgan fingerprint density at radius 2 is 2.28 bits per heavy atom. The first-order valence-corrected chi connectivity index (χ1v) is 6.32. The topological polar surface area (TPSA) is 38.7 Å². The third-order valence-corrected chi connectivity index (χ3v) is 3.17. The van der Waals surface area contributed by atoms with E-state index in [0.29, 0.717) is 17.9 Å². The second-order valence-corrected chi connectivity index (χ2v) is 4.82. The van der Waals surface area contributed by atoms with Crippen LogP contribution >= 0.6 is 0 Å². The summed E-state index contributed by atoms with van der Waals surface area (Å²) in [5, 5.41) is 9.60. The molecule has 1 aliphatic rings. The molecule has 0 amide bonds. The Kier molecular flexibility index (Phi) is 4.19. The molecule has 4 heteroatoms. The van der Waals surface area contributed by atoms with Crippen LogP contribution in [0.4, 0.5) is 4.39 Å².